The van der Waals surface area contributed by atoms with E-state index in [2.05, 4.69) is 68.4 Å². The highest BCUT2D eigenvalue weighted by molar-refractivity contribution is 6.76. The van der Waals surface area contributed by atoms with Crippen LogP contribution in [0, 0.1) is 0 Å². The van der Waals surface area contributed by atoms with E-state index in [1.807, 2.05) is 48.1 Å². The van der Waals surface area contributed by atoms with Crippen LogP contribution in [0.15, 0.2) is 61.1 Å². The van der Waals surface area contributed by atoms with Gasteiger partial charge in [-0.05, 0) is 56.8 Å². The van der Waals surface area contributed by atoms with Gasteiger partial charge in [-0.25, -0.2) is 4.98 Å². The molecule has 3 heterocycles. The second kappa shape index (κ2) is 18.3. The van der Waals surface area contributed by atoms with Crippen LogP contribution in [0.5, 0.6) is 0 Å². The predicted octanol–water partition coefficient (Wildman–Crippen LogP) is 8.93. The van der Waals surface area contributed by atoms with Crippen molar-refractivity contribution in [3.63, 3.8) is 0 Å². The Morgan fingerprint density at radius 2 is 1.57 bits per heavy atom. The van der Waals surface area contributed by atoms with E-state index in [4.69, 9.17) is 34.0 Å². The second-order valence-electron chi connectivity index (χ2n) is 16.6. The van der Waals surface area contributed by atoms with Crippen molar-refractivity contribution in [1.29, 1.82) is 0 Å². The summed E-state index contributed by atoms with van der Waals surface area (Å²) >= 11 is 0. The van der Waals surface area contributed by atoms with Crippen molar-refractivity contribution in [3.8, 4) is 22.4 Å². The van der Waals surface area contributed by atoms with Crippen LogP contribution in [0.3, 0.4) is 0 Å². The Kier molecular flexibility index (Phi) is 14.1. The Balaban J connectivity index is 1.65. The van der Waals surface area contributed by atoms with Gasteiger partial charge in [0.15, 0.2) is 5.65 Å². The summed E-state index contributed by atoms with van der Waals surface area (Å²) in [6.45, 7) is 18.8. The molecule has 1 saturated carbocycles. The Hall–Kier alpha value is -3.40. The number of aliphatic hydroxyl groups is 1. The van der Waals surface area contributed by atoms with Crippen LogP contribution in [-0.2, 0) is 18.9 Å². The van der Waals surface area contributed by atoms with Crippen molar-refractivity contribution >= 4 is 33.7 Å². The van der Waals surface area contributed by atoms with Gasteiger partial charge in [-0.15, -0.1) is 0 Å². The van der Waals surface area contributed by atoms with Gasteiger partial charge in [0.1, 0.15) is 19.3 Å². The van der Waals surface area contributed by atoms with Crippen LogP contribution in [0.2, 0.25) is 51.4 Å². The van der Waals surface area contributed by atoms with Crippen molar-refractivity contribution in [3.05, 3.63) is 72.4 Å². The van der Waals surface area contributed by atoms with E-state index < -0.39 is 21.7 Å². The summed E-state index contributed by atoms with van der Waals surface area (Å²) in [6, 6.07) is 16.5. The molecule has 0 radical (unpaired) electrons. The minimum Gasteiger partial charge on any atom is -0.501 e. The maximum absolute atomic E-state index is 10.3. The zero-order chi connectivity index (χ0) is 38.1. The average molecular weight is 760 g/mol. The number of aliphatic hydroxyl groups excluding tert-OH is 1. The summed E-state index contributed by atoms with van der Waals surface area (Å²) in [5.74, 6) is 0.978. The lowest BCUT2D eigenvalue weighted by molar-refractivity contribution is -0.0785. The third-order valence-electron chi connectivity index (χ3n) is 10.1. The molecule has 0 bridgehead atoms. The monoisotopic (exact) mass is 759 g/mol. The van der Waals surface area contributed by atoms with E-state index in [0.29, 0.717) is 33.3 Å². The predicted molar refractivity (Wildman–Crippen MR) is 221 cm³/mol. The number of fused-ring (bicyclic) bond motifs is 1. The van der Waals surface area contributed by atoms with Crippen molar-refractivity contribution < 1.29 is 24.1 Å². The first-order valence-electron chi connectivity index (χ1n) is 19.1. The normalized spacial score (nSPS) is 18.2. The Bertz CT molecular complexity index is 1730. The van der Waals surface area contributed by atoms with Gasteiger partial charge in [-0.1, -0.05) is 75.7 Å². The van der Waals surface area contributed by atoms with Gasteiger partial charge in [0, 0.05) is 70.8 Å². The molecule has 1 fully saturated rings. The number of anilines is 1. The number of hydrogen-bond acceptors (Lipinski definition) is 9. The van der Waals surface area contributed by atoms with E-state index in [0.717, 1.165) is 82.9 Å². The zero-order valence-corrected chi connectivity index (χ0v) is 35.2. The molecule has 0 atom stereocenters. The fourth-order valence-corrected chi connectivity index (χ4v) is 8.16. The molecule has 0 saturated heterocycles. The zero-order valence-electron chi connectivity index (χ0n) is 33.2. The van der Waals surface area contributed by atoms with Crippen LogP contribution >= 0.6 is 0 Å². The first kappa shape index (κ1) is 40.8. The molecule has 0 spiro atoms. The number of methoxy groups -OCH3 is 1. The number of rotatable bonds is 19. The van der Waals surface area contributed by atoms with Crippen LogP contribution in [0.1, 0.15) is 49.8 Å². The highest BCUT2D eigenvalue weighted by Crippen LogP contribution is 2.43. The average Bonchev–Trinajstić information content (AvgIpc) is 3.57. The number of benzene rings is 1. The van der Waals surface area contributed by atoms with Crippen molar-refractivity contribution in [2.45, 2.75) is 95.5 Å². The summed E-state index contributed by atoms with van der Waals surface area (Å²) in [4.78, 5) is 12.5. The van der Waals surface area contributed by atoms with Crippen LogP contribution in [0.25, 0.3) is 34.1 Å². The van der Waals surface area contributed by atoms with E-state index in [-0.39, 0.29) is 12.5 Å². The lowest BCUT2D eigenvalue weighted by Gasteiger charge is -2.38. The molecule has 0 amide bonds. The lowest BCUT2D eigenvalue weighted by Crippen LogP contribution is -2.39. The summed E-state index contributed by atoms with van der Waals surface area (Å²) in [7, 11) is -0.911. The number of nitrogens with zero attached hydrogens (tertiary/aromatic N) is 5. The Morgan fingerprint density at radius 3 is 2.11 bits per heavy atom. The number of aromatic nitrogens is 4. The fraction of sp³-hybridized carbons (Fsp3) is 0.537. The largest absolute Gasteiger partial charge is 0.501 e. The van der Waals surface area contributed by atoms with Gasteiger partial charge >= 0.3 is 0 Å². The van der Waals surface area contributed by atoms with Gasteiger partial charge in [0.25, 0.3) is 0 Å². The minimum absolute atomic E-state index is 0.00107. The molecule has 0 aliphatic heterocycles. The fourth-order valence-electron chi connectivity index (χ4n) is 6.64. The molecule has 10 nitrogen and oxygen atoms in total. The first-order chi connectivity index (χ1) is 25.4. The maximum Gasteiger partial charge on any atom is 0.165 e. The SMILES string of the molecule is CCO/C=C\c1c(N(COCC[Si](C)(C)C)COCC[Si](C)(C)C)n2ncc(-c3ccc(-c4ccccc4)nc3)c2nc1[C@H]1CC[C@](CO)(OC)CC1. The van der Waals surface area contributed by atoms with E-state index in [1.165, 1.54) is 0 Å². The molecule has 4 aromatic rings. The topological polar surface area (TPSA) is 103 Å². The van der Waals surface area contributed by atoms with E-state index in [1.54, 1.807) is 13.4 Å². The second-order valence-corrected chi connectivity index (χ2v) is 27.9. The molecule has 53 heavy (non-hydrogen) atoms. The number of ether oxygens (including phenoxy) is 4. The smallest absolute Gasteiger partial charge is 0.165 e. The molecule has 1 aliphatic carbocycles. The quantitative estimate of drug-likeness (QED) is 0.0435. The Labute approximate surface area is 318 Å². The van der Waals surface area contributed by atoms with E-state index >= 15 is 0 Å². The van der Waals surface area contributed by atoms with Gasteiger partial charge in [0.05, 0.1) is 42.7 Å². The van der Waals surface area contributed by atoms with Gasteiger partial charge < -0.3 is 29.0 Å². The first-order valence-corrected chi connectivity index (χ1v) is 26.6. The molecule has 1 N–H and O–H groups in total. The Morgan fingerprint density at radius 1 is 0.906 bits per heavy atom. The number of pyridine rings is 1. The summed E-state index contributed by atoms with van der Waals surface area (Å²) < 4.78 is 26.5. The highest BCUT2D eigenvalue weighted by atomic mass is 28.3. The summed E-state index contributed by atoms with van der Waals surface area (Å²) in [5.41, 5.74) is 5.93. The van der Waals surface area contributed by atoms with Gasteiger partial charge in [-0.3, -0.25) is 4.98 Å². The van der Waals surface area contributed by atoms with Crippen molar-refractivity contribution in [2.24, 2.45) is 0 Å². The van der Waals surface area contributed by atoms with Gasteiger partial charge in [-0.2, -0.15) is 9.61 Å². The van der Waals surface area contributed by atoms with Crippen molar-refractivity contribution in [1.82, 2.24) is 19.6 Å². The lowest BCUT2D eigenvalue weighted by atomic mass is 9.77. The summed E-state index contributed by atoms with van der Waals surface area (Å²) in [6.07, 6.45) is 10.7. The molecular formula is C41H61N5O5Si2. The molecular weight excluding hydrogens is 699 g/mol. The standard InChI is InChI=1S/C41H61N5O5Si2/c1-9-49-22-19-35-38(33-17-20-41(29-47,48-2)21-18-33)44-39-36(34-15-16-37(42-27-34)32-13-11-10-12-14-32)28-43-46(39)40(35)45(30-50-23-25-52(3,4)5)31-51-24-26-53(6,7)8/h10-16,19,22,27-28,33,47H,9,17-18,20-21,23-26,29-31H2,1-8H3/b22-19-/t33-,41-. The molecule has 5 rings (SSSR count). The molecule has 288 valence electrons. The molecule has 1 aromatic carbocycles. The van der Waals surface area contributed by atoms with Crippen LogP contribution < -0.4 is 4.90 Å². The number of hydrogen-bond donors (Lipinski definition) is 1. The highest BCUT2D eigenvalue weighted by Gasteiger charge is 2.37. The molecule has 0 unspecified atom stereocenters. The van der Waals surface area contributed by atoms with Crippen LogP contribution in [-0.4, -0.2) is 93.4 Å². The van der Waals surface area contributed by atoms with E-state index in [9.17, 15) is 5.11 Å². The minimum atomic E-state index is -1.31. The molecule has 12 heteroatoms. The van der Waals surface area contributed by atoms with Gasteiger partial charge in [0.2, 0.25) is 0 Å². The third-order valence-corrected chi connectivity index (χ3v) is 13.5. The third kappa shape index (κ3) is 10.9. The molecule has 1 aliphatic rings. The van der Waals surface area contributed by atoms with Crippen molar-refractivity contribution in [2.75, 3.05) is 51.9 Å². The van der Waals surface area contributed by atoms with Crippen LogP contribution in [0.4, 0.5) is 5.82 Å². The maximum atomic E-state index is 10.3. The molecule has 3 aromatic heterocycles. The summed E-state index contributed by atoms with van der Waals surface area (Å²) in [5, 5.41) is 15.3.